The molecule has 1 saturated heterocycles. The second kappa shape index (κ2) is 2.97. The number of anilines is 2. The summed E-state index contributed by atoms with van der Waals surface area (Å²) >= 11 is 0. The molecular weight excluding hydrogens is 192 g/mol. The molecule has 2 heterocycles. The molecule has 3 rings (SSSR count). The lowest BCUT2D eigenvalue weighted by Gasteiger charge is -2.34. The van der Waals surface area contributed by atoms with E-state index in [1.807, 2.05) is 23.1 Å². The van der Waals surface area contributed by atoms with E-state index in [0.29, 0.717) is 25.3 Å². The third kappa shape index (κ3) is 1.22. The van der Waals surface area contributed by atoms with Crippen molar-refractivity contribution < 1.29 is 9.53 Å². The number of nitrogens with zero attached hydrogens (tertiary/aromatic N) is 1. The highest BCUT2D eigenvalue weighted by Gasteiger charge is 2.36. The molecule has 78 valence electrons. The molecule has 15 heavy (non-hydrogen) atoms. The Morgan fingerprint density at radius 1 is 1.40 bits per heavy atom. The number of hydrogen-bond acceptors (Lipinski definition) is 3. The molecule has 2 aliphatic rings. The van der Waals surface area contributed by atoms with Crippen LogP contribution in [0.1, 0.15) is 5.56 Å². The highest BCUT2D eigenvalue weighted by molar-refractivity contribution is 6.02. The van der Waals surface area contributed by atoms with Gasteiger partial charge in [-0.05, 0) is 23.8 Å². The van der Waals surface area contributed by atoms with Crippen molar-refractivity contribution in [2.75, 3.05) is 23.8 Å². The fraction of sp³-hybridized carbons (Fsp3) is 0.364. The summed E-state index contributed by atoms with van der Waals surface area (Å²) in [7, 11) is 0. The average Bonchev–Trinajstić information content (AvgIpc) is 2.40. The van der Waals surface area contributed by atoms with Gasteiger partial charge in [-0.1, -0.05) is 0 Å². The SMILES string of the molecule is Nc1ccc2c(c1)CC(=O)N2C1COC1. The topological polar surface area (TPSA) is 55.6 Å². The molecule has 0 unspecified atom stereocenters. The molecule has 0 atom stereocenters. The van der Waals surface area contributed by atoms with Gasteiger partial charge in [0.1, 0.15) is 0 Å². The third-order valence-corrected chi connectivity index (χ3v) is 2.96. The second-order valence-corrected chi connectivity index (χ2v) is 4.02. The van der Waals surface area contributed by atoms with Crippen molar-refractivity contribution >= 4 is 17.3 Å². The van der Waals surface area contributed by atoms with Gasteiger partial charge in [-0.3, -0.25) is 4.79 Å². The Morgan fingerprint density at radius 3 is 2.87 bits per heavy atom. The van der Waals surface area contributed by atoms with Crippen LogP contribution in [0.2, 0.25) is 0 Å². The van der Waals surface area contributed by atoms with Crippen LogP contribution in [0.25, 0.3) is 0 Å². The largest absolute Gasteiger partial charge is 0.399 e. The van der Waals surface area contributed by atoms with Gasteiger partial charge in [0.15, 0.2) is 0 Å². The Kier molecular flexibility index (Phi) is 1.73. The fourth-order valence-electron chi connectivity index (χ4n) is 2.14. The molecule has 1 amide bonds. The lowest BCUT2D eigenvalue weighted by Crippen LogP contribution is -2.50. The quantitative estimate of drug-likeness (QED) is 0.680. The van der Waals surface area contributed by atoms with E-state index in [4.69, 9.17) is 10.5 Å². The van der Waals surface area contributed by atoms with Gasteiger partial charge in [0, 0.05) is 11.4 Å². The summed E-state index contributed by atoms with van der Waals surface area (Å²) in [5.41, 5.74) is 8.44. The minimum Gasteiger partial charge on any atom is -0.399 e. The lowest BCUT2D eigenvalue weighted by molar-refractivity contribution is -0.119. The first kappa shape index (κ1) is 8.73. The molecule has 0 aromatic heterocycles. The summed E-state index contributed by atoms with van der Waals surface area (Å²) in [5, 5.41) is 0. The number of carbonyl (C=O) groups is 1. The third-order valence-electron chi connectivity index (χ3n) is 2.96. The first-order valence-corrected chi connectivity index (χ1v) is 5.04. The van der Waals surface area contributed by atoms with Gasteiger partial charge in [-0.25, -0.2) is 0 Å². The standard InChI is InChI=1S/C11H12N2O2/c12-8-1-2-10-7(3-8)4-11(14)13(10)9-5-15-6-9/h1-3,9H,4-6,12H2. The Balaban J connectivity index is 2.01. The van der Waals surface area contributed by atoms with Crippen LogP contribution >= 0.6 is 0 Å². The number of carbonyl (C=O) groups excluding carboxylic acids is 1. The second-order valence-electron chi connectivity index (χ2n) is 4.02. The molecule has 2 N–H and O–H groups in total. The maximum atomic E-state index is 11.8. The maximum Gasteiger partial charge on any atom is 0.231 e. The van der Waals surface area contributed by atoms with Crippen molar-refractivity contribution in [2.45, 2.75) is 12.5 Å². The number of rotatable bonds is 1. The highest BCUT2D eigenvalue weighted by atomic mass is 16.5. The maximum absolute atomic E-state index is 11.8. The Bertz CT molecular complexity index is 427. The van der Waals surface area contributed by atoms with E-state index >= 15 is 0 Å². The predicted octanol–water partition coefficient (Wildman–Crippen LogP) is 0.557. The zero-order chi connectivity index (χ0) is 10.4. The van der Waals surface area contributed by atoms with Crippen molar-refractivity contribution in [1.82, 2.24) is 0 Å². The summed E-state index contributed by atoms with van der Waals surface area (Å²) in [6.45, 7) is 1.30. The van der Waals surface area contributed by atoms with E-state index < -0.39 is 0 Å². The number of hydrogen-bond donors (Lipinski definition) is 1. The summed E-state index contributed by atoms with van der Waals surface area (Å²) < 4.78 is 5.12. The first-order valence-electron chi connectivity index (χ1n) is 5.04. The molecule has 0 spiro atoms. The van der Waals surface area contributed by atoms with E-state index in [-0.39, 0.29) is 11.9 Å². The van der Waals surface area contributed by atoms with Gasteiger partial charge < -0.3 is 15.4 Å². The number of nitrogens with two attached hydrogens (primary N) is 1. The Labute approximate surface area is 87.6 Å². The van der Waals surface area contributed by atoms with Gasteiger partial charge in [0.25, 0.3) is 0 Å². The molecule has 1 aromatic rings. The van der Waals surface area contributed by atoms with Crippen LogP contribution in [0.5, 0.6) is 0 Å². The number of nitrogen functional groups attached to an aromatic ring is 1. The first-order chi connectivity index (χ1) is 7.25. The van der Waals surface area contributed by atoms with Gasteiger partial charge in [0.05, 0.1) is 25.7 Å². The monoisotopic (exact) mass is 204 g/mol. The molecule has 4 nitrogen and oxygen atoms in total. The average molecular weight is 204 g/mol. The van der Waals surface area contributed by atoms with Crippen LogP contribution in [0.3, 0.4) is 0 Å². The molecule has 1 fully saturated rings. The number of benzene rings is 1. The Hall–Kier alpha value is -1.55. The molecule has 1 aromatic carbocycles. The van der Waals surface area contributed by atoms with Crippen molar-refractivity contribution in [3.63, 3.8) is 0 Å². The van der Waals surface area contributed by atoms with Gasteiger partial charge >= 0.3 is 0 Å². The zero-order valence-corrected chi connectivity index (χ0v) is 8.27. The number of amides is 1. The van der Waals surface area contributed by atoms with Crippen LogP contribution < -0.4 is 10.6 Å². The zero-order valence-electron chi connectivity index (χ0n) is 8.27. The van der Waals surface area contributed by atoms with Gasteiger partial charge in [0.2, 0.25) is 5.91 Å². The molecular formula is C11H12N2O2. The summed E-state index contributed by atoms with van der Waals surface area (Å²) in [6, 6.07) is 5.87. The number of fused-ring (bicyclic) bond motifs is 1. The van der Waals surface area contributed by atoms with Crippen molar-refractivity contribution in [1.29, 1.82) is 0 Å². The lowest BCUT2D eigenvalue weighted by atomic mass is 10.1. The van der Waals surface area contributed by atoms with Crippen molar-refractivity contribution in [2.24, 2.45) is 0 Å². The van der Waals surface area contributed by atoms with Crippen LogP contribution in [0, 0.1) is 0 Å². The van der Waals surface area contributed by atoms with E-state index in [9.17, 15) is 4.79 Å². The molecule has 0 saturated carbocycles. The van der Waals surface area contributed by atoms with Crippen molar-refractivity contribution in [3.8, 4) is 0 Å². The summed E-state index contributed by atoms with van der Waals surface area (Å²) in [5.74, 6) is 0.156. The Morgan fingerprint density at radius 2 is 2.20 bits per heavy atom. The molecule has 2 aliphatic heterocycles. The van der Waals surface area contributed by atoms with Crippen molar-refractivity contribution in [3.05, 3.63) is 23.8 Å². The summed E-state index contributed by atoms with van der Waals surface area (Å²) in [4.78, 5) is 13.7. The molecule has 0 aliphatic carbocycles. The van der Waals surface area contributed by atoms with Crippen LogP contribution in [-0.4, -0.2) is 25.2 Å². The molecule has 0 radical (unpaired) electrons. The molecule has 4 heteroatoms. The normalized spacial score (nSPS) is 20.3. The van der Waals surface area contributed by atoms with Crippen LogP contribution in [0.4, 0.5) is 11.4 Å². The van der Waals surface area contributed by atoms with Crippen LogP contribution in [0.15, 0.2) is 18.2 Å². The minimum absolute atomic E-state index is 0.156. The van der Waals surface area contributed by atoms with E-state index in [2.05, 4.69) is 0 Å². The fourth-order valence-corrected chi connectivity index (χ4v) is 2.14. The smallest absolute Gasteiger partial charge is 0.231 e. The van der Waals surface area contributed by atoms with E-state index in [0.717, 1.165) is 11.3 Å². The minimum atomic E-state index is 0.156. The number of ether oxygens (including phenoxy) is 1. The predicted molar refractivity (Wildman–Crippen MR) is 56.7 cm³/mol. The van der Waals surface area contributed by atoms with E-state index in [1.54, 1.807) is 0 Å². The van der Waals surface area contributed by atoms with E-state index in [1.165, 1.54) is 0 Å². The van der Waals surface area contributed by atoms with Crippen LogP contribution in [-0.2, 0) is 16.0 Å². The van der Waals surface area contributed by atoms with Gasteiger partial charge in [-0.2, -0.15) is 0 Å². The summed E-state index contributed by atoms with van der Waals surface area (Å²) in [6.07, 6.45) is 0.469. The van der Waals surface area contributed by atoms with Gasteiger partial charge in [-0.15, -0.1) is 0 Å². The highest BCUT2D eigenvalue weighted by Crippen LogP contribution is 2.33. The molecule has 0 bridgehead atoms.